The van der Waals surface area contributed by atoms with Gasteiger partial charge in [0.05, 0.1) is 25.1 Å². The van der Waals surface area contributed by atoms with E-state index in [1.54, 1.807) is 6.07 Å². The van der Waals surface area contributed by atoms with Crippen LogP contribution in [0.1, 0.15) is 11.3 Å². The minimum atomic E-state index is -0.356. The molecular weight excluding hydrogens is 317 g/mol. The molecule has 1 aliphatic heterocycles. The molecule has 0 bridgehead atoms. The van der Waals surface area contributed by atoms with Crippen molar-refractivity contribution in [2.24, 2.45) is 0 Å². The third kappa shape index (κ3) is 4.37. The zero-order valence-electron chi connectivity index (χ0n) is 14.1. The monoisotopic (exact) mass is 337 g/mol. The van der Waals surface area contributed by atoms with Gasteiger partial charge in [-0.1, -0.05) is 23.6 Å². The summed E-state index contributed by atoms with van der Waals surface area (Å²) >= 11 is 0. The SMILES string of the molecule is C#Cc1cc2cc(F)cnc2[nH]1.Cc1ccc(N2CCOCC2)cc1. The first-order chi connectivity index (χ1) is 12.2. The maximum atomic E-state index is 12.6. The summed E-state index contributed by atoms with van der Waals surface area (Å²) in [7, 11) is 0. The second-order valence-corrected chi connectivity index (χ2v) is 5.85. The number of ether oxygens (including phenoxy) is 1. The summed E-state index contributed by atoms with van der Waals surface area (Å²) in [6, 6.07) is 11.8. The van der Waals surface area contributed by atoms with Crippen molar-refractivity contribution in [1.82, 2.24) is 9.97 Å². The van der Waals surface area contributed by atoms with Crippen molar-refractivity contribution in [2.45, 2.75) is 6.92 Å². The molecule has 1 aliphatic rings. The van der Waals surface area contributed by atoms with Crippen LogP contribution in [0.5, 0.6) is 0 Å². The average Bonchev–Trinajstić information content (AvgIpc) is 3.06. The number of aryl methyl sites for hydroxylation is 1. The first-order valence-corrected chi connectivity index (χ1v) is 8.16. The van der Waals surface area contributed by atoms with Crippen molar-refractivity contribution in [3.63, 3.8) is 0 Å². The van der Waals surface area contributed by atoms with E-state index in [0.717, 1.165) is 32.5 Å². The maximum Gasteiger partial charge on any atom is 0.142 e. The van der Waals surface area contributed by atoms with E-state index in [-0.39, 0.29) is 5.82 Å². The number of pyridine rings is 1. The molecule has 4 rings (SSSR count). The third-order valence-electron chi connectivity index (χ3n) is 4.00. The Morgan fingerprint density at radius 1 is 1.20 bits per heavy atom. The zero-order valence-corrected chi connectivity index (χ0v) is 14.1. The molecule has 1 aromatic carbocycles. The second-order valence-electron chi connectivity index (χ2n) is 5.85. The summed E-state index contributed by atoms with van der Waals surface area (Å²) in [6.45, 7) is 5.86. The quantitative estimate of drug-likeness (QED) is 0.691. The smallest absolute Gasteiger partial charge is 0.142 e. The molecule has 0 radical (unpaired) electrons. The molecule has 0 amide bonds. The molecule has 1 N–H and O–H groups in total. The third-order valence-corrected chi connectivity index (χ3v) is 4.00. The largest absolute Gasteiger partial charge is 0.378 e. The van der Waals surface area contributed by atoms with E-state index in [4.69, 9.17) is 11.2 Å². The van der Waals surface area contributed by atoms with E-state index in [0.29, 0.717) is 16.7 Å². The van der Waals surface area contributed by atoms with E-state index >= 15 is 0 Å². The van der Waals surface area contributed by atoms with Gasteiger partial charge < -0.3 is 14.6 Å². The molecule has 1 fully saturated rings. The highest BCUT2D eigenvalue weighted by atomic mass is 19.1. The Morgan fingerprint density at radius 3 is 2.60 bits per heavy atom. The van der Waals surface area contributed by atoms with Gasteiger partial charge in [-0.3, -0.25) is 0 Å². The fourth-order valence-corrected chi connectivity index (χ4v) is 2.64. The zero-order chi connectivity index (χ0) is 17.6. The van der Waals surface area contributed by atoms with Crippen LogP contribution in [0.3, 0.4) is 0 Å². The van der Waals surface area contributed by atoms with Crippen LogP contribution in [0.25, 0.3) is 11.0 Å². The Labute approximate surface area is 146 Å². The van der Waals surface area contributed by atoms with Crippen LogP contribution in [0, 0.1) is 25.1 Å². The molecule has 3 heterocycles. The second kappa shape index (κ2) is 7.82. The first kappa shape index (κ1) is 17.0. The molecule has 2 aromatic heterocycles. The number of fused-ring (bicyclic) bond motifs is 1. The number of benzene rings is 1. The van der Waals surface area contributed by atoms with Crippen molar-refractivity contribution < 1.29 is 9.13 Å². The molecule has 1 saturated heterocycles. The van der Waals surface area contributed by atoms with Crippen LogP contribution >= 0.6 is 0 Å². The number of terminal acetylenes is 1. The van der Waals surface area contributed by atoms with E-state index < -0.39 is 0 Å². The lowest BCUT2D eigenvalue weighted by molar-refractivity contribution is 0.122. The van der Waals surface area contributed by atoms with Gasteiger partial charge in [0, 0.05) is 24.2 Å². The van der Waals surface area contributed by atoms with Crippen LogP contribution in [0.2, 0.25) is 0 Å². The van der Waals surface area contributed by atoms with E-state index in [2.05, 4.69) is 52.0 Å². The molecular formula is C20H20FN3O. The summed E-state index contributed by atoms with van der Waals surface area (Å²) < 4.78 is 17.9. The number of aromatic nitrogens is 2. The molecule has 5 heteroatoms. The summed E-state index contributed by atoms with van der Waals surface area (Å²) in [6.07, 6.45) is 6.30. The molecule has 3 aromatic rings. The van der Waals surface area contributed by atoms with Crippen LogP contribution in [0.15, 0.2) is 42.6 Å². The van der Waals surface area contributed by atoms with Crippen molar-refractivity contribution >= 4 is 16.7 Å². The summed E-state index contributed by atoms with van der Waals surface area (Å²) in [5, 5.41) is 0.697. The van der Waals surface area contributed by atoms with E-state index in [1.807, 2.05) is 0 Å². The minimum absolute atomic E-state index is 0.356. The van der Waals surface area contributed by atoms with Crippen molar-refractivity contribution in [3.8, 4) is 12.3 Å². The summed E-state index contributed by atoms with van der Waals surface area (Å²) in [5.74, 6) is 2.06. The maximum absolute atomic E-state index is 12.6. The van der Waals surface area contributed by atoms with Gasteiger partial charge in [0.2, 0.25) is 0 Å². The highest BCUT2D eigenvalue weighted by Crippen LogP contribution is 2.16. The molecule has 4 nitrogen and oxygen atoms in total. The Bertz CT molecular complexity index is 874. The molecule has 0 unspecified atom stereocenters. The average molecular weight is 337 g/mol. The molecule has 25 heavy (non-hydrogen) atoms. The predicted octanol–water partition coefficient (Wildman–Crippen LogP) is 3.51. The fraction of sp³-hybridized carbons (Fsp3) is 0.250. The molecule has 0 saturated carbocycles. The Morgan fingerprint density at radius 2 is 1.92 bits per heavy atom. The Kier molecular flexibility index (Phi) is 5.32. The number of hydrogen-bond donors (Lipinski definition) is 1. The van der Waals surface area contributed by atoms with Crippen LogP contribution in [-0.2, 0) is 4.74 Å². The van der Waals surface area contributed by atoms with E-state index in [9.17, 15) is 4.39 Å². The molecule has 128 valence electrons. The highest BCUT2D eigenvalue weighted by molar-refractivity contribution is 5.77. The van der Waals surface area contributed by atoms with Gasteiger partial charge in [-0.15, -0.1) is 6.42 Å². The van der Waals surface area contributed by atoms with Gasteiger partial charge in [0.25, 0.3) is 0 Å². The Balaban J connectivity index is 0.000000146. The highest BCUT2D eigenvalue weighted by Gasteiger charge is 2.09. The fourth-order valence-electron chi connectivity index (χ4n) is 2.64. The van der Waals surface area contributed by atoms with E-state index in [1.165, 1.54) is 17.3 Å². The summed E-state index contributed by atoms with van der Waals surface area (Å²) in [4.78, 5) is 9.05. The van der Waals surface area contributed by atoms with Crippen LogP contribution in [0.4, 0.5) is 10.1 Å². The number of anilines is 1. The van der Waals surface area contributed by atoms with Crippen molar-refractivity contribution in [3.05, 3.63) is 59.7 Å². The Hall–Kier alpha value is -2.84. The lowest BCUT2D eigenvalue weighted by Gasteiger charge is -2.28. The van der Waals surface area contributed by atoms with Gasteiger partial charge in [-0.25, -0.2) is 9.37 Å². The van der Waals surface area contributed by atoms with Crippen molar-refractivity contribution in [1.29, 1.82) is 0 Å². The van der Waals surface area contributed by atoms with Crippen molar-refractivity contribution in [2.75, 3.05) is 31.2 Å². The number of aromatic amines is 1. The summed E-state index contributed by atoms with van der Waals surface area (Å²) in [5.41, 5.74) is 3.86. The standard InChI is InChI=1S/C11H15NO.C9H5FN2/c1-10-2-4-11(5-3-10)12-6-8-13-9-7-12;1-2-8-4-6-3-7(10)5-11-9(6)12-8/h2-5H,6-9H2,1H3;1,3-5H,(H,11,12). The van der Waals surface area contributed by atoms with Gasteiger partial charge >= 0.3 is 0 Å². The number of morpholine rings is 1. The predicted molar refractivity (Wildman–Crippen MR) is 98.2 cm³/mol. The molecule has 0 atom stereocenters. The van der Waals surface area contributed by atoms with Gasteiger partial charge in [0.15, 0.2) is 0 Å². The first-order valence-electron chi connectivity index (χ1n) is 8.16. The normalized spacial score (nSPS) is 13.9. The lowest BCUT2D eigenvalue weighted by Crippen LogP contribution is -2.36. The van der Waals surface area contributed by atoms with Crippen LogP contribution in [-0.4, -0.2) is 36.3 Å². The van der Waals surface area contributed by atoms with Crippen LogP contribution < -0.4 is 4.90 Å². The lowest BCUT2D eigenvalue weighted by atomic mass is 10.2. The number of rotatable bonds is 1. The molecule has 0 spiro atoms. The molecule has 0 aliphatic carbocycles. The number of nitrogens with one attached hydrogen (secondary N) is 1. The number of halogens is 1. The van der Waals surface area contributed by atoms with Gasteiger partial charge in [0.1, 0.15) is 11.5 Å². The van der Waals surface area contributed by atoms with Gasteiger partial charge in [-0.2, -0.15) is 0 Å². The number of hydrogen-bond acceptors (Lipinski definition) is 3. The minimum Gasteiger partial charge on any atom is -0.378 e. The number of nitrogens with zero attached hydrogens (tertiary/aromatic N) is 2. The van der Waals surface area contributed by atoms with Gasteiger partial charge in [-0.05, 0) is 31.2 Å². The number of H-pyrrole nitrogens is 1. The topological polar surface area (TPSA) is 41.2 Å².